The van der Waals surface area contributed by atoms with E-state index < -0.39 is 0 Å². The smallest absolute Gasteiger partial charge is 0.222 e. The highest BCUT2D eigenvalue weighted by molar-refractivity contribution is 5.85. The number of rotatable bonds is 6. The van der Waals surface area contributed by atoms with E-state index in [4.69, 9.17) is 0 Å². The van der Waals surface area contributed by atoms with Crippen LogP contribution >= 0.6 is 12.4 Å². The molecule has 0 saturated carbocycles. The third-order valence-electron chi connectivity index (χ3n) is 3.70. The lowest BCUT2D eigenvalue weighted by Gasteiger charge is -2.21. The number of nitrogens with one attached hydrogen (secondary N) is 2. The van der Waals surface area contributed by atoms with Crippen LogP contribution in [0.25, 0.3) is 0 Å². The van der Waals surface area contributed by atoms with Crippen LogP contribution in [0.4, 0.5) is 0 Å². The SMILES string of the molecule is CC(=O)N(CCC(=O)NC1CCNC1)Cc1ccccc1.Cl. The zero-order valence-electron chi connectivity index (χ0n) is 12.9. The number of amides is 2. The van der Waals surface area contributed by atoms with Gasteiger partial charge in [-0.15, -0.1) is 12.4 Å². The number of carbonyl (C=O) groups excluding carboxylic acids is 2. The normalized spacial score (nSPS) is 16.7. The summed E-state index contributed by atoms with van der Waals surface area (Å²) in [6.07, 6.45) is 1.33. The second kappa shape index (κ2) is 9.43. The van der Waals surface area contributed by atoms with Crippen LogP contribution < -0.4 is 10.6 Å². The Morgan fingerprint density at radius 1 is 1.32 bits per heavy atom. The van der Waals surface area contributed by atoms with E-state index >= 15 is 0 Å². The summed E-state index contributed by atoms with van der Waals surface area (Å²) < 4.78 is 0. The summed E-state index contributed by atoms with van der Waals surface area (Å²) in [5.41, 5.74) is 1.08. The van der Waals surface area contributed by atoms with Crippen molar-refractivity contribution in [3.05, 3.63) is 35.9 Å². The van der Waals surface area contributed by atoms with Gasteiger partial charge in [0.2, 0.25) is 11.8 Å². The first-order valence-electron chi connectivity index (χ1n) is 7.44. The van der Waals surface area contributed by atoms with E-state index in [-0.39, 0.29) is 30.3 Å². The van der Waals surface area contributed by atoms with Crippen LogP contribution in [0.15, 0.2) is 30.3 Å². The average Bonchev–Trinajstić information content (AvgIpc) is 2.97. The molecule has 0 radical (unpaired) electrons. The molecule has 0 bridgehead atoms. The first-order chi connectivity index (χ1) is 10.1. The molecule has 1 atom stereocenters. The number of halogens is 1. The molecule has 2 N–H and O–H groups in total. The fourth-order valence-electron chi connectivity index (χ4n) is 2.47. The van der Waals surface area contributed by atoms with Crippen LogP contribution in [-0.2, 0) is 16.1 Å². The number of hydrogen-bond donors (Lipinski definition) is 2. The van der Waals surface area contributed by atoms with Gasteiger partial charge in [0, 0.05) is 39.0 Å². The summed E-state index contributed by atoms with van der Waals surface area (Å²) in [7, 11) is 0. The molecule has 0 aromatic heterocycles. The van der Waals surface area contributed by atoms with Crippen molar-refractivity contribution in [2.45, 2.75) is 32.4 Å². The largest absolute Gasteiger partial charge is 0.352 e. The number of nitrogens with zero attached hydrogens (tertiary/aromatic N) is 1. The maximum Gasteiger partial charge on any atom is 0.222 e. The molecule has 1 fully saturated rings. The summed E-state index contributed by atoms with van der Waals surface area (Å²) in [6, 6.07) is 10.1. The molecule has 22 heavy (non-hydrogen) atoms. The van der Waals surface area contributed by atoms with Gasteiger partial charge in [-0.2, -0.15) is 0 Å². The number of benzene rings is 1. The highest BCUT2D eigenvalue weighted by atomic mass is 35.5. The minimum Gasteiger partial charge on any atom is -0.352 e. The summed E-state index contributed by atoms with van der Waals surface area (Å²) in [5, 5.41) is 6.21. The lowest BCUT2D eigenvalue weighted by atomic mass is 10.2. The topological polar surface area (TPSA) is 61.4 Å². The Balaban J connectivity index is 0.00000242. The maximum atomic E-state index is 11.9. The van der Waals surface area contributed by atoms with Crippen molar-refractivity contribution >= 4 is 24.2 Å². The van der Waals surface area contributed by atoms with Crippen molar-refractivity contribution in [1.29, 1.82) is 0 Å². The first-order valence-corrected chi connectivity index (χ1v) is 7.44. The Hall–Kier alpha value is -1.59. The minimum atomic E-state index is -0.00538. The third-order valence-corrected chi connectivity index (χ3v) is 3.70. The van der Waals surface area contributed by atoms with Crippen molar-refractivity contribution in [2.24, 2.45) is 0 Å². The third kappa shape index (κ3) is 6.03. The maximum absolute atomic E-state index is 11.9. The summed E-state index contributed by atoms with van der Waals surface area (Å²) in [6.45, 7) is 4.34. The molecule has 1 aromatic rings. The number of carbonyl (C=O) groups is 2. The van der Waals surface area contributed by atoms with Gasteiger partial charge in [0.25, 0.3) is 0 Å². The molecule has 1 aromatic carbocycles. The lowest BCUT2D eigenvalue weighted by Crippen LogP contribution is -2.39. The highest BCUT2D eigenvalue weighted by Gasteiger charge is 2.17. The molecule has 0 aliphatic carbocycles. The molecule has 2 amide bonds. The van der Waals surface area contributed by atoms with E-state index in [1.54, 1.807) is 11.8 Å². The van der Waals surface area contributed by atoms with E-state index in [0.29, 0.717) is 19.5 Å². The lowest BCUT2D eigenvalue weighted by molar-refractivity contribution is -0.130. The predicted octanol–water partition coefficient (Wildman–Crippen LogP) is 1.33. The van der Waals surface area contributed by atoms with Crippen LogP contribution in [0, 0.1) is 0 Å². The first kappa shape index (κ1) is 18.5. The fraction of sp³-hybridized carbons (Fsp3) is 0.500. The molecule has 2 rings (SSSR count). The quantitative estimate of drug-likeness (QED) is 0.829. The van der Waals surface area contributed by atoms with Gasteiger partial charge < -0.3 is 15.5 Å². The van der Waals surface area contributed by atoms with Gasteiger partial charge in [0.15, 0.2) is 0 Å². The van der Waals surface area contributed by atoms with Gasteiger partial charge in [-0.25, -0.2) is 0 Å². The second-order valence-electron chi connectivity index (χ2n) is 5.43. The fourth-order valence-corrected chi connectivity index (χ4v) is 2.47. The average molecular weight is 326 g/mol. The van der Waals surface area contributed by atoms with Crippen molar-refractivity contribution in [3.63, 3.8) is 0 Å². The van der Waals surface area contributed by atoms with Crippen molar-refractivity contribution in [1.82, 2.24) is 15.5 Å². The molecule has 1 saturated heterocycles. The summed E-state index contributed by atoms with van der Waals surface area (Å²) >= 11 is 0. The Bertz CT molecular complexity index is 476. The number of hydrogen-bond acceptors (Lipinski definition) is 3. The van der Waals surface area contributed by atoms with Gasteiger partial charge in [-0.3, -0.25) is 9.59 Å². The Labute approximate surface area is 137 Å². The van der Waals surface area contributed by atoms with Gasteiger partial charge in [0.05, 0.1) is 0 Å². The Kier molecular flexibility index (Phi) is 7.91. The molecule has 0 spiro atoms. The molecular weight excluding hydrogens is 302 g/mol. The van der Waals surface area contributed by atoms with Crippen molar-refractivity contribution < 1.29 is 9.59 Å². The van der Waals surface area contributed by atoms with Gasteiger partial charge in [-0.1, -0.05) is 30.3 Å². The van der Waals surface area contributed by atoms with Crippen LogP contribution in [0.1, 0.15) is 25.3 Å². The van der Waals surface area contributed by atoms with Crippen LogP contribution in [0.3, 0.4) is 0 Å². The molecule has 1 aliphatic heterocycles. The Morgan fingerprint density at radius 3 is 2.64 bits per heavy atom. The molecule has 122 valence electrons. The summed E-state index contributed by atoms with van der Waals surface area (Å²) in [5.74, 6) is 0.0113. The molecule has 6 heteroatoms. The van der Waals surface area contributed by atoms with E-state index in [1.807, 2.05) is 30.3 Å². The van der Waals surface area contributed by atoms with E-state index in [2.05, 4.69) is 10.6 Å². The van der Waals surface area contributed by atoms with Crippen molar-refractivity contribution in [2.75, 3.05) is 19.6 Å². The van der Waals surface area contributed by atoms with Crippen LogP contribution in [0.2, 0.25) is 0 Å². The van der Waals surface area contributed by atoms with E-state index in [9.17, 15) is 9.59 Å². The predicted molar refractivity (Wildman–Crippen MR) is 88.8 cm³/mol. The molecule has 5 nitrogen and oxygen atoms in total. The molecule has 1 aliphatic rings. The monoisotopic (exact) mass is 325 g/mol. The Morgan fingerprint density at radius 2 is 2.05 bits per heavy atom. The molecule has 1 unspecified atom stereocenters. The molecular formula is C16H24ClN3O2. The van der Waals surface area contributed by atoms with E-state index in [0.717, 1.165) is 25.1 Å². The highest BCUT2D eigenvalue weighted by Crippen LogP contribution is 2.06. The van der Waals surface area contributed by atoms with Crippen molar-refractivity contribution in [3.8, 4) is 0 Å². The van der Waals surface area contributed by atoms with Crippen LogP contribution in [0.5, 0.6) is 0 Å². The van der Waals surface area contributed by atoms with Gasteiger partial charge >= 0.3 is 0 Å². The standard InChI is InChI=1S/C16H23N3O2.ClH/c1-13(20)19(12-14-5-3-2-4-6-14)10-8-16(21)18-15-7-9-17-11-15;/h2-6,15,17H,7-12H2,1H3,(H,18,21);1H. The zero-order chi connectivity index (χ0) is 15.1. The van der Waals surface area contributed by atoms with Gasteiger partial charge in [0.1, 0.15) is 0 Å². The van der Waals surface area contributed by atoms with Crippen LogP contribution in [-0.4, -0.2) is 42.4 Å². The minimum absolute atomic E-state index is 0. The summed E-state index contributed by atoms with van der Waals surface area (Å²) in [4.78, 5) is 25.3. The molecule has 1 heterocycles. The second-order valence-corrected chi connectivity index (χ2v) is 5.43. The zero-order valence-corrected chi connectivity index (χ0v) is 13.7. The van der Waals surface area contributed by atoms with E-state index in [1.165, 1.54) is 0 Å². The van der Waals surface area contributed by atoms with Gasteiger partial charge in [-0.05, 0) is 18.5 Å².